The molecular formula is C20H17FN4O3S. The molecule has 0 saturated carbocycles. The second-order valence-electron chi connectivity index (χ2n) is 6.69. The minimum atomic E-state index is -0.426. The third-order valence-electron chi connectivity index (χ3n) is 4.77. The van der Waals surface area contributed by atoms with Crippen molar-refractivity contribution in [1.29, 1.82) is 0 Å². The molecule has 4 heterocycles. The Bertz CT molecular complexity index is 1210. The molecule has 1 aliphatic rings. The number of rotatable bonds is 4. The lowest BCUT2D eigenvalue weighted by molar-refractivity contribution is 0.122. The first-order chi connectivity index (χ1) is 14.2. The van der Waals surface area contributed by atoms with E-state index in [-0.39, 0.29) is 12.4 Å². The molecule has 0 unspecified atom stereocenters. The smallest absolute Gasteiger partial charge is 0.349 e. The van der Waals surface area contributed by atoms with Crippen LogP contribution in [0, 0.1) is 5.82 Å². The Balaban J connectivity index is 1.68. The lowest BCUT2D eigenvalue weighted by atomic mass is 10.2. The van der Waals surface area contributed by atoms with Gasteiger partial charge >= 0.3 is 5.69 Å². The summed E-state index contributed by atoms with van der Waals surface area (Å²) in [6.45, 7) is 2.95. The van der Waals surface area contributed by atoms with Gasteiger partial charge in [0, 0.05) is 13.1 Å². The van der Waals surface area contributed by atoms with Crippen LogP contribution in [-0.4, -0.2) is 40.8 Å². The molecule has 7 nitrogen and oxygen atoms in total. The molecule has 5 rings (SSSR count). The van der Waals surface area contributed by atoms with Gasteiger partial charge in [0.15, 0.2) is 10.9 Å². The van der Waals surface area contributed by atoms with Gasteiger partial charge in [-0.05, 0) is 29.8 Å². The van der Waals surface area contributed by atoms with E-state index < -0.39 is 5.69 Å². The van der Waals surface area contributed by atoms with E-state index in [1.807, 2.05) is 0 Å². The molecule has 1 aliphatic heterocycles. The van der Waals surface area contributed by atoms with Gasteiger partial charge in [-0.2, -0.15) is 4.98 Å². The zero-order valence-electron chi connectivity index (χ0n) is 15.4. The maximum absolute atomic E-state index is 13.6. The largest absolute Gasteiger partial charge is 0.463 e. The number of benzene rings is 1. The quantitative estimate of drug-likeness (QED) is 0.513. The van der Waals surface area contributed by atoms with Crippen LogP contribution < -0.4 is 10.6 Å². The summed E-state index contributed by atoms with van der Waals surface area (Å²) in [4.78, 5) is 24.7. The van der Waals surface area contributed by atoms with Crippen molar-refractivity contribution < 1.29 is 13.5 Å². The number of furan rings is 1. The molecule has 29 heavy (non-hydrogen) atoms. The molecule has 1 aromatic carbocycles. The molecule has 148 valence electrons. The maximum Gasteiger partial charge on any atom is 0.349 e. The summed E-state index contributed by atoms with van der Waals surface area (Å²) in [5, 5.41) is 0.802. The number of fused-ring (bicyclic) bond motifs is 1. The van der Waals surface area contributed by atoms with E-state index in [1.54, 1.807) is 24.3 Å². The molecule has 3 aromatic heterocycles. The maximum atomic E-state index is 13.6. The normalized spacial score (nSPS) is 14.6. The molecule has 0 radical (unpaired) electrons. The van der Waals surface area contributed by atoms with Gasteiger partial charge in [0.05, 0.1) is 26.0 Å². The number of aromatic nitrogens is 3. The first kappa shape index (κ1) is 18.0. The fourth-order valence-corrected chi connectivity index (χ4v) is 4.48. The van der Waals surface area contributed by atoms with Crippen LogP contribution in [0.2, 0.25) is 0 Å². The Kier molecular flexibility index (Phi) is 4.61. The summed E-state index contributed by atoms with van der Waals surface area (Å²) >= 11 is 1.43. The lowest BCUT2D eigenvalue weighted by Crippen LogP contribution is -2.36. The standard InChI is InChI=1S/C20H17FN4O3S/c21-14-4-1-3-13(11-14)12-25-18-17(16(22-19(25)26)15-5-2-8-28-15)23-20(29-18)24-6-9-27-10-7-24/h1-5,8,11H,6-7,9-10,12H2. The van der Waals surface area contributed by atoms with Crippen molar-refractivity contribution in [2.24, 2.45) is 0 Å². The number of anilines is 1. The van der Waals surface area contributed by atoms with Gasteiger partial charge in [-0.25, -0.2) is 14.2 Å². The van der Waals surface area contributed by atoms with Crippen LogP contribution in [0.3, 0.4) is 0 Å². The summed E-state index contributed by atoms with van der Waals surface area (Å²) in [6.07, 6.45) is 1.54. The molecule has 0 spiro atoms. The van der Waals surface area contributed by atoms with E-state index in [0.29, 0.717) is 40.6 Å². The summed E-state index contributed by atoms with van der Waals surface area (Å²) in [6, 6.07) is 9.71. The summed E-state index contributed by atoms with van der Waals surface area (Å²) in [5.74, 6) is 0.147. The lowest BCUT2D eigenvalue weighted by Gasteiger charge is -2.25. The Morgan fingerprint density at radius 1 is 1.14 bits per heavy atom. The van der Waals surface area contributed by atoms with Crippen molar-refractivity contribution in [1.82, 2.24) is 14.5 Å². The Labute approximate surface area is 169 Å². The average molecular weight is 412 g/mol. The Hall–Kier alpha value is -3.04. The highest BCUT2D eigenvalue weighted by Gasteiger charge is 2.22. The number of hydrogen-bond donors (Lipinski definition) is 0. The third kappa shape index (κ3) is 3.43. The average Bonchev–Trinajstić information content (AvgIpc) is 3.41. The Morgan fingerprint density at radius 2 is 2.00 bits per heavy atom. The number of thiazole rings is 1. The molecule has 4 aromatic rings. The SMILES string of the molecule is O=c1nc(-c2ccco2)c2nc(N3CCOCC3)sc2n1Cc1cccc(F)c1. The molecule has 0 N–H and O–H groups in total. The van der Waals surface area contributed by atoms with Crippen molar-refractivity contribution in [2.75, 3.05) is 31.2 Å². The van der Waals surface area contributed by atoms with Crippen molar-refractivity contribution in [3.05, 3.63) is 64.5 Å². The fraction of sp³-hybridized carbons (Fsp3) is 0.250. The summed E-state index contributed by atoms with van der Waals surface area (Å²) < 4.78 is 26.1. The minimum Gasteiger partial charge on any atom is -0.463 e. The van der Waals surface area contributed by atoms with Crippen LogP contribution in [-0.2, 0) is 11.3 Å². The van der Waals surface area contributed by atoms with E-state index in [0.717, 1.165) is 18.2 Å². The molecule has 0 atom stereocenters. The van der Waals surface area contributed by atoms with Crippen molar-refractivity contribution in [3.63, 3.8) is 0 Å². The van der Waals surface area contributed by atoms with E-state index in [9.17, 15) is 9.18 Å². The van der Waals surface area contributed by atoms with E-state index in [4.69, 9.17) is 14.1 Å². The number of halogens is 1. The van der Waals surface area contributed by atoms with E-state index in [1.165, 1.54) is 34.3 Å². The number of ether oxygens (including phenoxy) is 1. The summed E-state index contributed by atoms with van der Waals surface area (Å²) in [5.41, 5.74) is 1.27. The van der Waals surface area contributed by atoms with Gasteiger partial charge in [-0.15, -0.1) is 0 Å². The van der Waals surface area contributed by atoms with Crippen LogP contribution in [0.5, 0.6) is 0 Å². The topological polar surface area (TPSA) is 73.4 Å². The Morgan fingerprint density at radius 3 is 2.76 bits per heavy atom. The van der Waals surface area contributed by atoms with Gasteiger partial charge in [-0.3, -0.25) is 4.57 Å². The third-order valence-corrected chi connectivity index (χ3v) is 5.91. The minimum absolute atomic E-state index is 0.212. The monoisotopic (exact) mass is 412 g/mol. The van der Waals surface area contributed by atoms with Crippen molar-refractivity contribution in [2.45, 2.75) is 6.54 Å². The van der Waals surface area contributed by atoms with Crippen LogP contribution in [0.25, 0.3) is 21.8 Å². The van der Waals surface area contributed by atoms with Crippen molar-refractivity contribution >= 4 is 26.8 Å². The number of morpholine rings is 1. The highest BCUT2D eigenvalue weighted by molar-refractivity contribution is 7.21. The molecular weight excluding hydrogens is 395 g/mol. The van der Waals surface area contributed by atoms with Gasteiger partial charge in [0.1, 0.15) is 21.9 Å². The van der Waals surface area contributed by atoms with Crippen molar-refractivity contribution in [3.8, 4) is 11.5 Å². The van der Waals surface area contributed by atoms with Crippen LogP contribution >= 0.6 is 11.3 Å². The molecule has 0 aliphatic carbocycles. The van der Waals surface area contributed by atoms with Crippen LogP contribution in [0.1, 0.15) is 5.56 Å². The predicted octanol–water partition coefficient (Wildman–Crippen LogP) is 3.14. The van der Waals surface area contributed by atoms with Gasteiger partial charge in [-0.1, -0.05) is 23.5 Å². The molecule has 0 bridgehead atoms. The van der Waals surface area contributed by atoms with Crippen LogP contribution in [0.4, 0.5) is 9.52 Å². The zero-order valence-corrected chi connectivity index (χ0v) is 16.2. The predicted molar refractivity (Wildman–Crippen MR) is 108 cm³/mol. The zero-order chi connectivity index (χ0) is 19.8. The second kappa shape index (κ2) is 7.41. The molecule has 1 fully saturated rings. The van der Waals surface area contributed by atoms with E-state index in [2.05, 4.69) is 9.88 Å². The molecule has 0 amide bonds. The van der Waals surface area contributed by atoms with Crippen LogP contribution in [0.15, 0.2) is 51.9 Å². The van der Waals surface area contributed by atoms with E-state index >= 15 is 0 Å². The highest BCUT2D eigenvalue weighted by Crippen LogP contribution is 2.34. The van der Waals surface area contributed by atoms with Gasteiger partial charge < -0.3 is 14.1 Å². The first-order valence-electron chi connectivity index (χ1n) is 9.21. The number of hydrogen-bond acceptors (Lipinski definition) is 7. The van der Waals surface area contributed by atoms with Gasteiger partial charge in [0.2, 0.25) is 0 Å². The molecule has 1 saturated heterocycles. The fourth-order valence-electron chi connectivity index (χ4n) is 3.37. The first-order valence-corrected chi connectivity index (χ1v) is 10.0. The van der Waals surface area contributed by atoms with Gasteiger partial charge in [0.25, 0.3) is 0 Å². The second-order valence-corrected chi connectivity index (χ2v) is 7.64. The molecule has 9 heteroatoms. The highest BCUT2D eigenvalue weighted by atomic mass is 32.1. The number of nitrogens with zero attached hydrogens (tertiary/aromatic N) is 4. The summed E-state index contributed by atoms with van der Waals surface area (Å²) in [7, 11) is 0.